The molecule has 3 heterocycles. The topological polar surface area (TPSA) is 127 Å². The van der Waals surface area contributed by atoms with Gasteiger partial charge in [-0.3, -0.25) is 14.2 Å². The fourth-order valence-corrected chi connectivity index (χ4v) is 4.32. The summed E-state index contributed by atoms with van der Waals surface area (Å²) in [5.41, 5.74) is -0.527. The molecule has 0 bridgehead atoms. The standard InChI is InChI=1S/C18H16N6O4S/c1-10-14-15(26)23(19)18(27)22(17(14)29-16(10)24-20-7-8-21-24)9-12(25)11-5-3-4-6-13(11)28-2/h3-8H,9,19H2,1-2H3. The van der Waals surface area contributed by atoms with Gasteiger partial charge in [0.1, 0.15) is 15.6 Å². The summed E-state index contributed by atoms with van der Waals surface area (Å²) in [6.45, 7) is 1.41. The van der Waals surface area contributed by atoms with Crippen molar-refractivity contribution < 1.29 is 9.53 Å². The Morgan fingerprint density at radius 1 is 1.21 bits per heavy atom. The number of ketones is 1. The van der Waals surface area contributed by atoms with Crippen LogP contribution in [0.25, 0.3) is 15.2 Å². The number of para-hydroxylation sites is 1. The van der Waals surface area contributed by atoms with Gasteiger partial charge < -0.3 is 10.6 Å². The van der Waals surface area contributed by atoms with E-state index in [1.165, 1.54) is 28.9 Å². The van der Waals surface area contributed by atoms with E-state index in [-0.39, 0.29) is 17.7 Å². The number of aromatic nitrogens is 5. The molecule has 1 aromatic carbocycles. The smallest absolute Gasteiger partial charge is 0.351 e. The lowest BCUT2D eigenvalue weighted by molar-refractivity contribution is 0.0968. The zero-order chi connectivity index (χ0) is 20.7. The molecule has 0 saturated carbocycles. The van der Waals surface area contributed by atoms with Gasteiger partial charge in [-0.25, -0.2) is 4.79 Å². The van der Waals surface area contributed by atoms with Gasteiger partial charge in [0.2, 0.25) is 0 Å². The average Bonchev–Trinajstić information content (AvgIpc) is 3.37. The summed E-state index contributed by atoms with van der Waals surface area (Å²) in [6.07, 6.45) is 3.01. The second kappa shape index (κ2) is 7.02. The largest absolute Gasteiger partial charge is 0.496 e. The molecule has 4 aromatic rings. The maximum Gasteiger partial charge on any atom is 0.351 e. The molecule has 0 aliphatic rings. The quantitative estimate of drug-likeness (QED) is 0.378. The van der Waals surface area contributed by atoms with Crippen LogP contribution >= 0.6 is 11.3 Å². The molecule has 0 aliphatic carbocycles. The number of hydrogen-bond donors (Lipinski definition) is 1. The molecular weight excluding hydrogens is 396 g/mol. The Bertz CT molecular complexity index is 1350. The summed E-state index contributed by atoms with van der Waals surface area (Å²) in [6, 6.07) is 6.72. The Labute approximate surface area is 167 Å². The Kier molecular flexibility index (Phi) is 4.51. The summed E-state index contributed by atoms with van der Waals surface area (Å²) in [4.78, 5) is 40.0. The van der Waals surface area contributed by atoms with E-state index in [9.17, 15) is 14.4 Å². The molecule has 148 valence electrons. The third-order valence-electron chi connectivity index (χ3n) is 4.53. The maximum atomic E-state index is 12.9. The van der Waals surface area contributed by atoms with Crippen molar-refractivity contribution in [2.24, 2.45) is 0 Å². The van der Waals surface area contributed by atoms with Crippen LogP contribution in [0.5, 0.6) is 5.75 Å². The van der Waals surface area contributed by atoms with Crippen molar-refractivity contribution in [3.8, 4) is 10.8 Å². The molecular formula is C18H16N6O4S. The zero-order valence-corrected chi connectivity index (χ0v) is 16.3. The minimum atomic E-state index is -0.785. The van der Waals surface area contributed by atoms with Crippen LogP contribution in [0.1, 0.15) is 15.9 Å². The van der Waals surface area contributed by atoms with Crippen molar-refractivity contribution in [1.82, 2.24) is 24.2 Å². The minimum Gasteiger partial charge on any atom is -0.496 e. The number of nitrogens with two attached hydrogens (primary N) is 1. The first-order valence-electron chi connectivity index (χ1n) is 8.51. The van der Waals surface area contributed by atoms with E-state index in [1.807, 2.05) is 0 Å². The molecule has 2 N–H and O–H groups in total. The van der Waals surface area contributed by atoms with Crippen molar-refractivity contribution in [2.45, 2.75) is 13.5 Å². The van der Waals surface area contributed by atoms with Crippen molar-refractivity contribution in [3.05, 3.63) is 68.6 Å². The van der Waals surface area contributed by atoms with Crippen LogP contribution in [0.3, 0.4) is 0 Å². The summed E-state index contributed by atoms with van der Waals surface area (Å²) in [5.74, 6) is 5.76. The Hall–Kier alpha value is -3.73. The van der Waals surface area contributed by atoms with Gasteiger partial charge in [-0.2, -0.15) is 14.9 Å². The van der Waals surface area contributed by atoms with Gasteiger partial charge in [0.05, 0.1) is 37.0 Å². The highest BCUT2D eigenvalue weighted by Gasteiger charge is 2.23. The monoisotopic (exact) mass is 412 g/mol. The molecule has 0 amide bonds. The summed E-state index contributed by atoms with van der Waals surface area (Å²) >= 11 is 1.14. The fraction of sp³-hybridized carbons (Fsp3) is 0.167. The predicted molar refractivity (Wildman–Crippen MR) is 107 cm³/mol. The number of methoxy groups -OCH3 is 1. The number of nitrogen functional groups attached to an aromatic ring is 1. The molecule has 0 unspecified atom stereocenters. The zero-order valence-electron chi connectivity index (χ0n) is 15.5. The number of hydrogen-bond acceptors (Lipinski definition) is 8. The summed E-state index contributed by atoms with van der Waals surface area (Å²) < 4.78 is 6.93. The van der Waals surface area contributed by atoms with Gasteiger partial charge in [0.15, 0.2) is 5.78 Å². The molecule has 3 aromatic heterocycles. The van der Waals surface area contributed by atoms with Crippen LogP contribution in [-0.2, 0) is 6.54 Å². The van der Waals surface area contributed by atoms with Crippen LogP contribution < -0.4 is 21.8 Å². The molecule has 0 saturated heterocycles. The van der Waals surface area contributed by atoms with E-state index in [0.717, 1.165) is 11.3 Å². The fourth-order valence-electron chi connectivity index (χ4n) is 3.11. The number of fused-ring (bicyclic) bond motifs is 1. The van der Waals surface area contributed by atoms with Crippen LogP contribution in [-0.4, -0.2) is 37.1 Å². The average molecular weight is 412 g/mol. The first-order valence-corrected chi connectivity index (χ1v) is 9.32. The molecule has 29 heavy (non-hydrogen) atoms. The highest BCUT2D eigenvalue weighted by atomic mass is 32.1. The van der Waals surface area contributed by atoms with E-state index in [1.54, 1.807) is 31.2 Å². The molecule has 0 fully saturated rings. The van der Waals surface area contributed by atoms with E-state index >= 15 is 0 Å². The summed E-state index contributed by atoms with van der Waals surface area (Å²) in [5, 5.41) is 8.97. The number of carbonyl (C=O) groups is 1. The number of nitrogens with zero attached hydrogens (tertiary/aromatic N) is 5. The molecule has 0 spiro atoms. The van der Waals surface area contributed by atoms with E-state index in [2.05, 4.69) is 10.2 Å². The van der Waals surface area contributed by atoms with Crippen LogP contribution in [0, 0.1) is 6.92 Å². The van der Waals surface area contributed by atoms with Crippen molar-refractivity contribution in [3.63, 3.8) is 0 Å². The SMILES string of the molecule is COc1ccccc1C(=O)Cn1c(=O)n(N)c(=O)c2c(C)c(-n3nccn3)sc21. The number of Topliss-reactive ketones (excluding diaryl/α,β-unsaturated/α-hetero) is 1. The molecule has 0 radical (unpaired) electrons. The maximum absolute atomic E-state index is 12.9. The molecule has 4 rings (SSSR count). The third-order valence-corrected chi connectivity index (χ3v) is 5.81. The molecule has 0 aliphatic heterocycles. The van der Waals surface area contributed by atoms with E-state index in [0.29, 0.717) is 31.4 Å². The minimum absolute atomic E-state index is 0.247. The number of rotatable bonds is 5. The lowest BCUT2D eigenvalue weighted by atomic mass is 10.1. The third kappa shape index (κ3) is 2.91. The number of ether oxygens (including phenoxy) is 1. The van der Waals surface area contributed by atoms with Crippen molar-refractivity contribution in [1.29, 1.82) is 0 Å². The van der Waals surface area contributed by atoms with Gasteiger partial charge in [-0.15, -0.1) is 4.80 Å². The van der Waals surface area contributed by atoms with Gasteiger partial charge in [0, 0.05) is 5.56 Å². The lowest BCUT2D eigenvalue weighted by Gasteiger charge is -2.10. The number of benzene rings is 1. The van der Waals surface area contributed by atoms with Gasteiger partial charge >= 0.3 is 5.69 Å². The van der Waals surface area contributed by atoms with E-state index < -0.39 is 11.2 Å². The predicted octanol–water partition coefficient (Wildman–Crippen LogP) is 0.719. The second-order valence-electron chi connectivity index (χ2n) is 6.20. The normalized spacial score (nSPS) is 11.1. The second-order valence-corrected chi connectivity index (χ2v) is 7.18. The highest BCUT2D eigenvalue weighted by molar-refractivity contribution is 7.21. The van der Waals surface area contributed by atoms with Gasteiger partial charge in [-0.1, -0.05) is 23.5 Å². The molecule has 0 atom stereocenters. The van der Waals surface area contributed by atoms with Crippen LogP contribution in [0.4, 0.5) is 0 Å². The molecule has 11 heteroatoms. The first-order chi connectivity index (χ1) is 13.9. The van der Waals surface area contributed by atoms with Crippen molar-refractivity contribution in [2.75, 3.05) is 13.0 Å². The Morgan fingerprint density at radius 2 is 1.90 bits per heavy atom. The summed E-state index contributed by atoms with van der Waals surface area (Å²) in [7, 11) is 1.46. The van der Waals surface area contributed by atoms with Gasteiger partial charge in [-0.05, 0) is 19.1 Å². The number of thiophene rings is 1. The highest BCUT2D eigenvalue weighted by Crippen LogP contribution is 2.30. The van der Waals surface area contributed by atoms with Gasteiger partial charge in [0.25, 0.3) is 5.56 Å². The van der Waals surface area contributed by atoms with Crippen molar-refractivity contribution >= 4 is 27.3 Å². The van der Waals surface area contributed by atoms with Crippen LogP contribution in [0.15, 0.2) is 46.2 Å². The Balaban J connectivity index is 1.93. The van der Waals surface area contributed by atoms with Crippen LogP contribution in [0.2, 0.25) is 0 Å². The first kappa shape index (κ1) is 18.6. The number of carbonyl (C=O) groups excluding carboxylic acids is 1. The lowest BCUT2D eigenvalue weighted by Crippen LogP contribution is -2.45. The molecule has 10 nitrogen and oxygen atoms in total. The van der Waals surface area contributed by atoms with E-state index in [4.69, 9.17) is 10.6 Å². The number of aryl methyl sites for hydroxylation is 1. The Morgan fingerprint density at radius 3 is 2.59 bits per heavy atom.